The summed E-state index contributed by atoms with van der Waals surface area (Å²) >= 11 is 10.7. The predicted molar refractivity (Wildman–Crippen MR) is 152 cm³/mol. The number of nitrogens with zero attached hydrogens (tertiary/aromatic N) is 2. The number of hydrogen-bond donors (Lipinski definition) is 0. The summed E-state index contributed by atoms with van der Waals surface area (Å²) in [5.41, 5.74) is 7.89. The fourth-order valence-electron chi connectivity index (χ4n) is 4.05. The highest BCUT2D eigenvalue weighted by atomic mass is 79.9. The van der Waals surface area contributed by atoms with Gasteiger partial charge in [-0.1, -0.05) is 72.8 Å². The lowest BCUT2D eigenvalue weighted by Gasteiger charge is -2.14. The average molecular weight is 604 g/mol. The summed E-state index contributed by atoms with van der Waals surface area (Å²) in [7, 11) is 0. The van der Waals surface area contributed by atoms with Crippen molar-refractivity contribution in [3.63, 3.8) is 0 Å². The van der Waals surface area contributed by atoms with Crippen molar-refractivity contribution in [2.75, 3.05) is 0 Å². The Balaban J connectivity index is 1.73. The molecule has 0 radical (unpaired) electrons. The van der Waals surface area contributed by atoms with Gasteiger partial charge in [-0.25, -0.2) is 9.97 Å². The van der Waals surface area contributed by atoms with E-state index in [1.165, 1.54) is 0 Å². The number of benzene rings is 3. The number of rotatable bonds is 4. The Labute approximate surface area is 222 Å². The van der Waals surface area contributed by atoms with E-state index in [-0.39, 0.29) is 0 Å². The van der Waals surface area contributed by atoms with Gasteiger partial charge < -0.3 is 0 Å². The van der Waals surface area contributed by atoms with Gasteiger partial charge in [0.15, 0.2) is 0 Å². The summed E-state index contributed by atoms with van der Waals surface area (Å²) in [6, 6.07) is 33.5. The monoisotopic (exact) mass is 602 g/mol. The van der Waals surface area contributed by atoms with Crippen LogP contribution in [0.1, 0.15) is 0 Å². The van der Waals surface area contributed by atoms with E-state index in [0.29, 0.717) is 0 Å². The maximum atomic E-state index is 5.32. The molecule has 0 amide bonds. The topological polar surface area (TPSA) is 25.8 Å². The number of fused-ring (bicyclic) bond motifs is 1. The third-order valence-corrected chi connectivity index (χ3v) is 8.91. The molecular weight excluding hydrogens is 588 g/mol. The van der Waals surface area contributed by atoms with Crippen molar-refractivity contribution in [3.05, 3.63) is 105 Å². The van der Waals surface area contributed by atoms with Crippen molar-refractivity contribution in [2.24, 2.45) is 0 Å². The van der Waals surface area contributed by atoms with Crippen molar-refractivity contribution in [3.8, 4) is 43.4 Å². The summed E-state index contributed by atoms with van der Waals surface area (Å²) in [6.07, 6.45) is 0. The van der Waals surface area contributed by atoms with Gasteiger partial charge in [-0.05, 0) is 56.1 Å². The molecule has 0 saturated heterocycles. The van der Waals surface area contributed by atoms with Crippen LogP contribution in [0.15, 0.2) is 105 Å². The van der Waals surface area contributed by atoms with E-state index in [4.69, 9.17) is 9.97 Å². The van der Waals surface area contributed by atoms with Crippen LogP contribution in [0.3, 0.4) is 0 Å². The largest absolute Gasteiger partial charge is 0.243 e. The second-order valence-corrected chi connectivity index (χ2v) is 12.6. The minimum absolute atomic E-state index is 0.890. The minimum atomic E-state index is 0.890. The van der Waals surface area contributed by atoms with E-state index in [2.05, 4.69) is 92.5 Å². The van der Waals surface area contributed by atoms with Gasteiger partial charge in [-0.15, -0.1) is 22.7 Å². The Morgan fingerprint density at radius 2 is 0.882 bits per heavy atom. The molecule has 0 bridgehead atoms. The van der Waals surface area contributed by atoms with E-state index in [0.717, 1.165) is 62.0 Å². The molecule has 6 rings (SSSR count). The fourth-order valence-corrected chi connectivity index (χ4v) is 6.87. The SMILES string of the molecule is Brc1ccc(-c2ccc(-c3ccc(Br)s3)c3nc(-c4ccccc4)c(-c4ccccc4)nc23)s1. The zero-order valence-corrected chi connectivity index (χ0v) is 22.5. The van der Waals surface area contributed by atoms with Crippen LogP contribution in [0.5, 0.6) is 0 Å². The second kappa shape index (κ2) is 9.19. The zero-order chi connectivity index (χ0) is 23.1. The molecule has 0 spiro atoms. The molecule has 6 heteroatoms. The van der Waals surface area contributed by atoms with Gasteiger partial charge in [0, 0.05) is 32.0 Å². The molecule has 3 aromatic heterocycles. The average Bonchev–Trinajstić information content (AvgIpc) is 3.51. The molecular formula is C28H16Br2N2S2. The Morgan fingerprint density at radius 1 is 0.471 bits per heavy atom. The van der Waals surface area contributed by atoms with E-state index >= 15 is 0 Å². The summed E-state index contributed by atoms with van der Waals surface area (Å²) in [4.78, 5) is 13.0. The molecule has 0 aliphatic carbocycles. The van der Waals surface area contributed by atoms with Gasteiger partial charge >= 0.3 is 0 Å². The molecule has 0 aliphatic heterocycles. The van der Waals surface area contributed by atoms with Crippen LogP contribution in [0.2, 0.25) is 0 Å². The van der Waals surface area contributed by atoms with Crippen molar-refractivity contribution in [1.29, 1.82) is 0 Å². The smallest absolute Gasteiger partial charge is 0.0988 e. The molecule has 0 atom stereocenters. The number of thiophene rings is 2. The Bertz CT molecular complexity index is 1500. The van der Waals surface area contributed by atoms with Crippen molar-refractivity contribution < 1.29 is 0 Å². The van der Waals surface area contributed by atoms with E-state index in [9.17, 15) is 0 Å². The maximum Gasteiger partial charge on any atom is 0.0988 e. The van der Waals surface area contributed by atoms with Crippen LogP contribution in [0.4, 0.5) is 0 Å². The lowest BCUT2D eigenvalue weighted by molar-refractivity contribution is 1.29. The third-order valence-electron chi connectivity index (χ3n) is 5.59. The van der Waals surface area contributed by atoms with Gasteiger partial charge in [0.05, 0.1) is 30.0 Å². The quantitative estimate of drug-likeness (QED) is 0.200. The fraction of sp³-hybridized carbons (Fsp3) is 0. The number of aromatic nitrogens is 2. The lowest BCUT2D eigenvalue weighted by Crippen LogP contribution is -1.98. The molecule has 6 aromatic rings. The highest BCUT2D eigenvalue weighted by Crippen LogP contribution is 2.42. The molecule has 0 unspecified atom stereocenters. The lowest BCUT2D eigenvalue weighted by atomic mass is 10.0. The summed E-state index contributed by atoms with van der Waals surface area (Å²) in [5, 5.41) is 0. The first-order valence-electron chi connectivity index (χ1n) is 10.6. The van der Waals surface area contributed by atoms with Crippen molar-refractivity contribution in [1.82, 2.24) is 9.97 Å². The van der Waals surface area contributed by atoms with Gasteiger partial charge in [0.2, 0.25) is 0 Å². The zero-order valence-electron chi connectivity index (χ0n) is 17.7. The summed E-state index contributed by atoms with van der Waals surface area (Å²) < 4.78 is 2.19. The Hall–Kier alpha value is -2.64. The second-order valence-electron chi connectivity index (χ2n) is 7.72. The first kappa shape index (κ1) is 21.9. The normalized spacial score (nSPS) is 11.2. The van der Waals surface area contributed by atoms with Crippen LogP contribution in [0.25, 0.3) is 54.4 Å². The molecule has 0 fully saturated rings. The number of halogens is 2. The first-order chi connectivity index (χ1) is 16.7. The van der Waals surface area contributed by atoms with E-state index < -0.39 is 0 Å². The van der Waals surface area contributed by atoms with Crippen LogP contribution >= 0.6 is 54.5 Å². The van der Waals surface area contributed by atoms with Crippen LogP contribution in [-0.4, -0.2) is 9.97 Å². The van der Waals surface area contributed by atoms with Gasteiger partial charge in [-0.2, -0.15) is 0 Å². The van der Waals surface area contributed by atoms with Crippen molar-refractivity contribution in [2.45, 2.75) is 0 Å². The van der Waals surface area contributed by atoms with E-state index in [1.807, 2.05) is 36.4 Å². The standard InChI is InChI=1S/C28H16Br2N2S2/c29-23-15-13-21(33-23)19-11-12-20(22-14-16-24(30)34-22)28-27(19)31-25(17-7-3-1-4-8-17)26(32-28)18-9-5-2-6-10-18/h1-16H. The predicted octanol–water partition coefficient (Wildman–Crippen LogP) is 9.95. The highest BCUT2D eigenvalue weighted by Gasteiger charge is 2.19. The molecule has 164 valence electrons. The molecule has 0 aliphatic rings. The molecule has 3 heterocycles. The minimum Gasteiger partial charge on any atom is -0.243 e. The van der Waals surface area contributed by atoms with Gasteiger partial charge in [0.25, 0.3) is 0 Å². The van der Waals surface area contributed by atoms with Gasteiger partial charge in [-0.3, -0.25) is 0 Å². The van der Waals surface area contributed by atoms with E-state index in [1.54, 1.807) is 22.7 Å². The van der Waals surface area contributed by atoms with Crippen LogP contribution < -0.4 is 0 Å². The summed E-state index contributed by atoms with van der Waals surface area (Å²) in [5.74, 6) is 0. The molecule has 2 nitrogen and oxygen atoms in total. The maximum absolute atomic E-state index is 5.32. The van der Waals surface area contributed by atoms with Crippen LogP contribution in [-0.2, 0) is 0 Å². The first-order valence-corrected chi connectivity index (χ1v) is 13.9. The third kappa shape index (κ3) is 4.05. The Morgan fingerprint density at radius 3 is 1.24 bits per heavy atom. The van der Waals surface area contributed by atoms with Crippen LogP contribution in [0, 0.1) is 0 Å². The molecule has 0 saturated carbocycles. The Kier molecular flexibility index (Phi) is 5.91. The highest BCUT2D eigenvalue weighted by molar-refractivity contribution is 9.11. The molecule has 34 heavy (non-hydrogen) atoms. The van der Waals surface area contributed by atoms with Gasteiger partial charge in [0.1, 0.15) is 0 Å². The van der Waals surface area contributed by atoms with Crippen molar-refractivity contribution >= 4 is 65.6 Å². The summed E-state index contributed by atoms with van der Waals surface area (Å²) in [6.45, 7) is 0. The molecule has 3 aromatic carbocycles. The molecule has 0 N–H and O–H groups in total. The number of hydrogen-bond acceptors (Lipinski definition) is 4.